The predicted octanol–water partition coefficient (Wildman–Crippen LogP) is 1.60. The predicted molar refractivity (Wildman–Crippen MR) is 83.6 cm³/mol. The van der Waals surface area contributed by atoms with E-state index in [0.717, 1.165) is 11.4 Å². The largest absolute Gasteiger partial charge is 0.497 e. The second-order valence-electron chi connectivity index (χ2n) is 4.89. The van der Waals surface area contributed by atoms with Crippen LogP contribution < -0.4 is 15.4 Å². The summed E-state index contributed by atoms with van der Waals surface area (Å²) in [5, 5.41) is 5.13. The fourth-order valence-corrected chi connectivity index (χ4v) is 1.96. The highest BCUT2D eigenvalue weighted by molar-refractivity contribution is 6.39. The summed E-state index contributed by atoms with van der Waals surface area (Å²) in [5.74, 6) is -0.688. The molecule has 0 fully saturated rings. The number of anilines is 1. The molecule has 0 radical (unpaired) electrons. The molecule has 0 atom stereocenters. The molecule has 0 saturated carbocycles. The zero-order valence-electron chi connectivity index (χ0n) is 12.8. The molecule has 0 aliphatic heterocycles. The molecule has 6 heteroatoms. The normalized spacial score (nSPS) is 10.1. The van der Waals surface area contributed by atoms with Gasteiger partial charge in [0, 0.05) is 24.1 Å². The van der Waals surface area contributed by atoms with Crippen molar-refractivity contribution in [1.82, 2.24) is 9.88 Å². The van der Waals surface area contributed by atoms with Crippen LogP contribution in [-0.4, -0.2) is 23.5 Å². The van der Waals surface area contributed by atoms with Gasteiger partial charge in [0.05, 0.1) is 13.7 Å². The van der Waals surface area contributed by atoms with Gasteiger partial charge in [-0.05, 0) is 43.3 Å². The number of carbonyl (C=O) groups excluding carboxylic acids is 2. The van der Waals surface area contributed by atoms with Gasteiger partial charge in [-0.2, -0.15) is 0 Å². The number of carbonyl (C=O) groups is 2. The van der Waals surface area contributed by atoms with Crippen LogP contribution in [0.4, 0.5) is 5.69 Å². The van der Waals surface area contributed by atoms with Crippen molar-refractivity contribution >= 4 is 17.5 Å². The number of hydrogen-bond acceptors (Lipinski definition) is 3. The fourth-order valence-electron chi connectivity index (χ4n) is 1.96. The van der Waals surface area contributed by atoms with E-state index in [9.17, 15) is 9.59 Å². The highest BCUT2D eigenvalue weighted by Gasteiger charge is 2.14. The number of nitrogens with one attached hydrogen (secondary N) is 2. The van der Waals surface area contributed by atoms with Crippen molar-refractivity contribution in [2.75, 3.05) is 12.4 Å². The SMILES string of the molecule is COc1ccc(NC(=O)C(=O)NCc2ccc(C)n2C)cc1. The Morgan fingerprint density at radius 1 is 1.09 bits per heavy atom. The quantitative estimate of drug-likeness (QED) is 0.843. The number of aryl methyl sites for hydroxylation is 1. The molecular formula is C16H19N3O3. The van der Waals surface area contributed by atoms with E-state index in [-0.39, 0.29) is 0 Å². The summed E-state index contributed by atoms with van der Waals surface area (Å²) >= 11 is 0. The van der Waals surface area contributed by atoms with Gasteiger partial charge in [0.15, 0.2) is 0 Å². The lowest BCUT2D eigenvalue weighted by Crippen LogP contribution is -2.35. The molecule has 0 spiro atoms. The Labute approximate surface area is 129 Å². The number of hydrogen-bond donors (Lipinski definition) is 2. The Morgan fingerprint density at radius 2 is 1.77 bits per heavy atom. The third-order valence-corrected chi connectivity index (χ3v) is 3.46. The Hall–Kier alpha value is -2.76. The molecule has 2 N–H and O–H groups in total. The molecular weight excluding hydrogens is 282 g/mol. The topological polar surface area (TPSA) is 72.4 Å². The molecule has 1 aromatic heterocycles. The Kier molecular flexibility index (Phi) is 4.83. The molecule has 1 heterocycles. The summed E-state index contributed by atoms with van der Waals surface area (Å²) in [6, 6.07) is 10.6. The van der Waals surface area contributed by atoms with Crippen molar-refractivity contribution in [2.45, 2.75) is 13.5 Å². The first-order chi connectivity index (χ1) is 10.5. The van der Waals surface area contributed by atoms with Crippen LogP contribution in [0.2, 0.25) is 0 Å². The maximum absolute atomic E-state index is 11.8. The van der Waals surface area contributed by atoms with Crippen molar-refractivity contribution in [1.29, 1.82) is 0 Å². The third-order valence-electron chi connectivity index (χ3n) is 3.46. The number of ether oxygens (including phenoxy) is 1. The minimum absolute atomic E-state index is 0.305. The first-order valence-corrected chi connectivity index (χ1v) is 6.85. The van der Waals surface area contributed by atoms with Crippen molar-refractivity contribution < 1.29 is 14.3 Å². The molecule has 116 valence electrons. The van der Waals surface area contributed by atoms with Gasteiger partial charge in [0.1, 0.15) is 5.75 Å². The number of aromatic nitrogens is 1. The van der Waals surface area contributed by atoms with Crippen molar-refractivity contribution in [3.63, 3.8) is 0 Å². The maximum Gasteiger partial charge on any atom is 0.313 e. The van der Waals surface area contributed by atoms with E-state index in [2.05, 4.69) is 10.6 Å². The standard InChI is InChI=1S/C16H19N3O3/c1-11-4-7-13(19(11)2)10-17-15(20)16(21)18-12-5-8-14(22-3)9-6-12/h4-9H,10H2,1-3H3,(H,17,20)(H,18,21). The second-order valence-corrected chi connectivity index (χ2v) is 4.89. The first-order valence-electron chi connectivity index (χ1n) is 6.85. The summed E-state index contributed by atoms with van der Waals surface area (Å²) in [6.45, 7) is 2.28. The second kappa shape index (κ2) is 6.80. The van der Waals surface area contributed by atoms with Gasteiger partial charge in [-0.25, -0.2) is 0 Å². The summed E-state index contributed by atoms with van der Waals surface area (Å²) in [7, 11) is 3.47. The van der Waals surface area contributed by atoms with Crippen LogP contribution in [0.3, 0.4) is 0 Å². The van der Waals surface area contributed by atoms with Crippen LogP contribution in [0, 0.1) is 6.92 Å². The minimum atomic E-state index is -0.698. The number of benzene rings is 1. The summed E-state index contributed by atoms with van der Waals surface area (Å²) < 4.78 is 6.99. The zero-order valence-corrected chi connectivity index (χ0v) is 12.8. The number of methoxy groups -OCH3 is 1. The first kappa shape index (κ1) is 15.6. The zero-order chi connectivity index (χ0) is 16.1. The van der Waals surface area contributed by atoms with Crippen LogP contribution in [0.25, 0.3) is 0 Å². The third kappa shape index (κ3) is 3.66. The van der Waals surface area contributed by atoms with Crippen LogP contribution in [-0.2, 0) is 23.2 Å². The lowest BCUT2D eigenvalue weighted by Gasteiger charge is -2.08. The molecule has 0 saturated heterocycles. The molecule has 1 aromatic carbocycles. The van der Waals surface area contributed by atoms with Crippen molar-refractivity contribution in [3.8, 4) is 5.75 Å². The summed E-state index contributed by atoms with van der Waals surface area (Å²) in [5.41, 5.74) is 2.56. The maximum atomic E-state index is 11.8. The van der Waals surface area contributed by atoms with E-state index in [1.807, 2.05) is 30.7 Å². The highest BCUT2D eigenvalue weighted by Crippen LogP contribution is 2.14. The van der Waals surface area contributed by atoms with E-state index < -0.39 is 11.8 Å². The molecule has 0 aliphatic rings. The van der Waals surface area contributed by atoms with E-state index in [0.29, 0.717) is 18.0 Å². The molecule has 0 bridgehead atoms. The van der Waals surface area contributed by atoms with E-state index in [1.165, 1.54) is 0 Å². The van der Waals surface area contributed by atoms with Crippen LogP contribution in [0.1, 0.15) is 11.4 Å². The van der Waals surface area contributed by atoms with Crippen LogP contribution in [0.15, 0.2) is 36.4 Å². The fraction of sp³-hybridized carbons (Fsp3) is 0.250. The van der Waals surface area contributed by atoms with Gasteiger partial charge >= 0.3 is 11.8 Å². The van der Waals surface area contributed by atoms with E-state index in [1.54, 1.807) is 31.4 Å². The van der Waals surface area contributed by atoms with E-state index in [4.69, 9.17) is 4.74 Å². The van der Waals surface area contributed by atoms with Crippen molar-refractivity contribution in [2.24, 2.45) is 7.05 Å². The highest BCUT2D eigenvalue weighted by atomic mass is 16.5. The van der Waals surface area contributed by atoms with Crippen LogP contribution >= 0.6 is 0 Å². The Balaban J connectivity index is 1.89. The molecule has 0 unspecified atom stereocenters. The summed E-state index contributed by atoms with van der Waals surface area (Å²) in [6.07, 6.45) is 0. The monoisotopic (exact) mass is 301 g/mol. The molecule has 6 nitrogen and oxygen atoms in total. The van der Waals surface area contributed by atoms with Gasteiger partial charge in [-0.1, -0.05) is 0 Å². The smallest absolute Gasteiger partial charge is 0.313 e. The molecule has 0 aliphatic carbocycles. The number of nitrogens with zero attached hydrogens (tertiary/aromatic N) is 1. The lowest BCUT2D eigenvalue weighted by molar-refractivity contribution is -0.136. The lowest BCUT2D eigenvalue weighted by atomic mass is 10.3. The summed E-state index contributed by atoms with van der Waals surface area (Å²) in [4.78, 5) is 23.6. The van der Waals surface area contributed by atoms with E-state index >= 15 is 0 Å². The number of rotatable bonds is 4. The Bertz CT molecular complexity index is 674. The molecule has 22 heavy (non-hydrogen) atoms. The van der Waals surface area contributed by atoms with Gasteiger partial charge < -0.3 is 19.9 Å². The molecule has 2 aromatic rings. The van der Waals surface area contributed by atoms with Crippen molar-refractivity contribution in [3.05, 3.63) is 47.8 Å². The van der Waals surface area contributed by atoms with Gasteiger partial charge in [-0.15, -0.1) is 0 Å². The molecule has 2 rings (SSSR count). The van der Waals surface area contributed by atoms with Gasteiger partial charge in [-0.3, -0.25) is 9.59 Å². The number of amides is 2. The molecule has 2 amide bonds. The van der Waals surface area contributed by atoms with Crippen LogP contribution in [0.5, 0.6) is 5.75 Å². The average Bonchev–Trinajstić information content (AvgIpc) is 2.85. The minimum Gasteiger partial charge on any atom is -0.497 e. The van der Waals surface area contributed by atoms with Gasteiger partial charge in [0.25, 0.3) is 0 Å². The van der Waals surface area contributed by atoms with Gasteiger partial charge in [0.2, 0.25) is 0 Å². The average molecular weight is 301 g/mol. The Morgan fingerprint density at radius 3 is 2.32 bits per heavy atom.